The third-order valence-electron chi connectivity index (χ3n) is 3.47. The maximum absolute atomic E-state index is 6.15. The zero-order chi connectivity index (χ0) is 16.1. The fourth-order valence-corrected chi connectivity index (χ4v) is 6.25. The minimum Gasteiger partial charge on any atom is -0.373 e. The van der Waals surface area contributed by atoms with Gasteiger partial charge in [-0.05, 0) is 53.1 Å². The fourth-order valence-electron chi connectivity index (χ4n) is 2.87. The van der Waals surface area contributed by atoms with Crippen molar-refractivity contribution in [1.82, 2.24) is 4.90 Å². The van der Waals surface area contributed by atoms with Gasteiger partial charge in [0.2, 0.25) is 0 Å². The zero-order valence-corrected chi connectivity index (χ0v) is 16.1. The number of nitrogens with zero attached hydrogens (tertiary/aromatic N) is 1. The normalized spacial score (nSPS) is 13.9. The monoisotopic (exact) mass is 319 g/mol. The lowest BCUT2D eigenvalue weighted by atomic mass is 10.2. The lowest BCUT2D eigenvalue weighted by Gasteiger charge is -2.41. The van der Waals surface area contributed by atoms with Crippen LogP contribution in [0.3, 0.4) is 0 Å². The van der Waals surface area contributed by atoms with Crippen molar-refractivity contribution in [3.05, 3.63) is 0 Å². The molecule has 0 saturated carbocycles. The molecule has 0 saturated heterocycles. The van der Waals surface area contributed by atoms with Crippen molar-refractivity contribution < 1.29 is 13.3 Å². The molecule has 0 rings (SSSR count). The molecule has 0 bridgehead atoms. The fraction of sp³-hybridized carbons (Fsp3) is 1.00. The van der Waals surface area contributed by atoms with E-state index in [0.29, 0.717) is 19.8 Å². The van der Waals surface area contributed by atoms with Gasteiger partial charge < -0.3 is 13.3 Å². The van der Waals surface area contributed by atoms with Crippen LogP contribution in [0.5, 0.6) is 0 Å². The van der Waals surface area contributed by atoms with Gasteiger partial charge in [-0.25, -0.2) is 0 Å². The lowest BCUT2D eigenvalue weighted by molar-refractivity contribution is 0.0323. The first-order valence-corrected chi connectivity index (χ1v) is 10.6. The Balaban J connectivity index is 5.40. The molecule has 0 fully saturated rings. The molecule has 128 valence electrons. The molecule has 0 heterocycles. The quantitative estimate of drug-likeness (QED) is 0.455. The molecular formula is C16H37NO3Si. The largest absolute Gasteiger partial charge is 0.519 e. The van der Waals surface area contributed by atoms with Crippen molar-refractivity contribution in [2.45, 2.75) is 72.9 Å². The summed E-state index contributed by atoms with van der Waals surface area (Å²) in [5, 5.41) is 0. The van der Waals surface area contributed by atoms with Crippen molar-refractivity contribution in [2.75, 3.05) is 32.9 Å². The average Bonchev–Trinajstić information content (AvgIpc) is 2.45. The van der Waals surface area contributed by atoms with Gasteiger partial charge in [-0.1, -0.05) is 27.2 Å². The highest BCUT2D eigenvalue weighted by Gasteiger charge is 2.51. The zero-order valence-electron chi connectivity index (χ0n) is 15.1. The van der Waals surface area contributed by atoms with E-state index in [1.54, 1.807) is 0 Å². The third kappa shape index (κ3) is 6.78. The highest BCUT2D eigenvalue weighted by molar-refractivity contribution is 6.62. The molecule has 5 heteroatoms. The summed E-state index contributed by atoms with van der Waals surface area (Å²) in [7, 11) is -2.66. The molecule has 0 radical (unpaired) electrons. The second-order valence-electron chi connectivity index (χ2n) is 5.24. The molecule has 21 heavy (non-hydrogen) atoms. The van der Waals surface area contributed by atoms with Crippen LogP contribution in [-0.4, -0.2) is 52.3 Å². The first-order valence-electron chi connectivity index (χ1n) is 8.81. The van der Waals surface area contributed by atoms with Crippen LogP contribution >= 0.6 is 0 Å². The van der Waals surface area contributed by atoms with Gasteiger partial charge in [0.15, 0.2) is 0 Å². The van der Waals surface area contributed by atoms with Crippen LogP contribution in [-0.2, 0) is 13.3 Å². The number of hydrogen-bond acceptors (Lipinski definition) is 4. The Morgan fingerprint density at radius 3 is 1.43 bits per heavy atom. The lowest BCUT2D eigenvalue weighted by Crippen LogP contribution is -2.63. The van der Waals surface area contributed by atoms with E-state index in [2.05, 4.69) is 25.7 Å². The SMILES string of the molecule is CCCC(N(CCC)CCC)[Si](OCC)(OCC)OCC. The Kier molecular flexibility index (Phi) is 12.6. The minimum atomic E-state index is -2.66. The molecule has 0 spiro atoms. The van der Waals surface area contributed by atoms with Crippen LogP contribution in [0.4, 0.5) is 0 Å². The Labute approximate surface area is 133 Å². The van der Waals surface area contributed by atoms with Gasteiger partial charge in [-0.2, -0.15) is 0 Å². The van der Waals surface area contributed by atoms with E-state index in [1.807, 2.05) is 20.8 Å². The third-order valence-corrected chi connectivity index (χ3v) is 7.01. The standard InChI is InChI=1S/C16H37NO3Si/c1-7-13-16(17(14-8-2)15-9-3)21(18-10-4,19-11-5)20-12-6/h16H,7-15H2,1-6H3. The molecule has 0 amide bonds. The van der Waals surface area contributed by atoms with Crippen molar-refractivity contribution in [3.8, 4) is 0 Å². The summed E-state index contributed by atoms with van der Waals surface area (Å²) in [4.78, 5) is 2.54. The molecule has 0 aliphatic rings. The minimum absolute atomic E-state index is 0.280. The molecule has 0 aromatic carbocycles. The van der Waals surface area contributed by atoms with Crippen LogP contribution < -0.4 is 0 Å². The molecule has 0 aliphatic heterocycles. The first kappa shape index (κ1) is 21.1. The molecule has 1 unspecified atom stereocenters. The van der Waals surface area contributed by atoms with E-state index in [1.165, 1.54) is 0 Å². The predicted molar refractivity (Wildman–Crippen MR) is 91.5 cm³/mol. The van der Waals surface area contributed by atoms with E-state index in [4.69, 9.17) is 13.3 Å². The smallest absolute Gasteiger partial charge is 0.373 e. The van der Waals surface area contributed by atoms with Crippen molar-refractivity contribution in [3.63, 3.8) is 0 Å². The van der Waals surface area contributed by atoms with Gasteiger partial charge in [0, 0.05) is 19.8 Å². The Morgan fingerprint density at radius 1 is 0.714 bits per heavy atom. The Hall–Kier alpha value is 0.0569. The highest BCUT2D eigenvalue weighted by Crippen LogP contribution is 2.24. The van der Waals surface area contributed by atoms with Gasteiger partial charge in [0.05, 0.1) is 5.67 Å². The van der Waals surface area contributed by atoms with Crippen LogP contribution in [0, 0.1) is 0 Å². The van der Waals surface area contributed by atoms with Gasteiger partial charge in [-0.15, -0.1) is 0 Å². The van der Waals surface area contributed by atoms with Gasteiger partial charge in [-0.3, -0.25) is 4.90 Å². The number of rotatable bonds is 14. The van der Waals surface area contributed by atoms with Crippen molar-refractivity contribution in [2.24, 2.45) is 0 Å². The maximum atomic E-state index is 6.15. The predicted octanol–water partition coefficient (Wildman–Crippen LogP) is 3.86. The Morgan fingerprint density at radius 2 is 1.14 bits per heavy atom. The summed E-state index contributed by atoms with van der Waals surface area (Å²) in [6, 6.07) is 0. The van der Waals surface area contributed by atoms with E-state index in [0.717, 1.165) is 38.8 Å². The second-order valence-corrected chi connectivity index (χ2v) is 7.98. The summed E-state index contributed by atoms with van der Waals surface area (Å²) in [6.07, 6.45) is 4.49. The Bertz CT molecular complexity index is 219. The average molecular weight is 320 g/mol. The maximum Gasteiger partial charge on any atom is 0.519 e. The summed E-state index contributed by atoms with van der Waals surface area (Å²) in [5.74, 6) is 0. The molecule has 0 aromatic heterocycles. The molecule has 1 atom stereocenters. The van der Waals surface area contributed by atoms with E-state index in [9.17, 15) is 0 Å². The topological polar surface area (TPSA) is 30.9 Å². The van der Waals surface area contributed by atoms with E-state index in [-0.39, 0.29) is 5.67 Å². The van der Waals surface area contributed by atoms with Gasteiger partial charge in [0.25, 0.3) is 0 Å². The van der Waals surface area contributed by atoms with Crippen LogP contribution in [0.25, 0.3) is 0 Å². The number of hydrogen-bond donors (Lipinski definition) is 0. The van der Waals surface area contributed by atoms with E-state index >= 15 is 0 Å². The summed E-state index contributed by atoms with van der Waals surface area (Å²) in [5.41, 5.74) is 0.280. The van der Waals surface area contributed by atoms with Crippen LogP contribution in [0.1, 0.15) is 67.2 Å². The molecule has 0 aliphatic carbocycles. The summed E-state index contributed by atoms with van der Waals surface area (Å²) in [6.45, 7) is 16.9. The van der Waals surface area contributed by atoms with E-state index < -0.39 is 8.80 Å². The first-order chi connectivity index (χ1) is 10.2. The van der Waals surface area contributed by atoms with Crippen LogP contribution in [0.2, 0.25) is 0 Å². The molecule has 4 nitrogen and oxygen atoms in total. The van der Waals surface area contributed by atoms with Gasteiger partial charge >= 0.3 is 8.80 Å². The van der Waals surface area contributed by atoms with Gasteiger partial charge in [0.1, 0.15) is 0 Å². The van der Waals surface area contributed by atoms with Crippen molar-refractivity contribution >= 4 is 8.80 Å². The summed E-state index contributed by atoms with van der Waals surface area (Å²) < 4.78 is 18.5. The highest BCUT2D eigenvalue weighted by atomic mass is 28.4. The van der Waals surface area contributed by atoms with Crippen molar-refractivity contribution in [1.29, 1.82) is 0 Å². The summed E-state index contributed by atoms with van der Waals surface area (Å²) >= 11 is 0. The second kappa shape index (κ2) is 12.6. The van der Waals surface area contributed by atoms with Crippen LogP contribution in [0.15, 0.2) is 0 Å². The molecule has 0 aromatic rings. The molecular weight excluding hydrogens is 282 g/mol. The molecule has 0 N–H and O–H groups in total.